The van der Waals surface area contributed by atoms with Crippen LogP contribution < -0.4 is 10.6 Å². The van der Waals surface area contributed by atoms with Gasteiger partial charge in [0.15, 0.2) is 0 Å². The van der Waals surface area contributed by atoms with Gasteiger partial charge >= 0.3 is 0 Å². The van der Waals surface area contributed by atoms with Crippen LogP contribution in [0, 0.1) is 5.92 Å². The van der Waals surface area contributed by atoms with Crippen molar-refractivity contribution in [2.75, 3.05) is 20.2 Å². The van der Waals surface area contributed by atoms with Gasteiger partial charge < -0.3 is 15.4 Å². The fraction of sp³-hybridized carbons (Fsp3) is 0.917. The molecule has 0 saturated heterocycles. The summed E-state index contributed by atoms with van der Waals surface area (Å²) in [6.07, 6.45) is 1.16. The molecule has 0 aliphatic rings. The molecule has 0 aromatic rings. The lowest BCUT2D eigenvalue weighted by Gasteiger charge is -2.19. The number of carbonyl (C=O) groups excluding carboxylic acids is 1. The molecule has 4 nitrogen and oxygen atoms in total. The first-order valence-electron chi connectivity index (χ1n) is 6.03. The van der Waals surface area contributed by atoms with Crippen molar-refractivity contribution in [2.45, 2.75) is 46.3 Å². The molecule has 4 heteroatoms. The number of methoxy groups -OCH3 is 1. The van der Waals surface area contributed by atoms with Crippen molar-refractivity contribution < 1.29 is 9.53 Å². The number of amides is 1. The minimum Gasteiger partial charge on any atom is -0.380 e. The van der Waals surface area contributed by atoms with Crippen LogP contribution in [0.4, 0.5) is 0 Å². The Bertz CT molecular complexity index is 195. The Morgan fingerprint density at radius 1 is 1.19 bits per heavy atom. The molecule has 16 heavy (non-hydrogen) atoms. The molecule has 0 aromatic carbocycles. The average molecular weight is 230 g/mol. The monoisotopic (exact) mass is 230 g/mol. The average Bonchev–Trinajstić information content (AvgIpc) is 2.26. The highest BCUT2D eigenvalue weighted by atomic mass is 16.5. The predicted molar refractivity (Wildman–Crippen MR) is 66.4 cm³/mol. The summed E-state index contributed by atoms with van der Waals surface area (Å²) < 4.78 is 5.21. The molecule has 0 aliphatic carbocycles. The summed E-state index contributed by atoms with van der Waals surface area (Å²) in [5.74, 6) is 0.193. The summed E-state index contributed by atoms with van der Waals surface area (Å²) in [5.41, 5.74) is 0. The van der Waals surface area contributed by atoms with Crippen LogP contribution in [0.2, 0.25) is 0 Å². The van der Waals surface area contributed by atoms with Crippen molar-refractivity contribution in [3.05, 3.63) is 0 Å². The lowest BCUT2D eigenvalue weighted by Crippen LogP contribution is -2.38. The molecule has 2 atom stereocenters. The largest absolute Gasteiger partial charge is 0.380 e. The highest BCUT2D eigenvalue weighted by molar-refractivity contribution is 5.77. The molecule has 0 bridgehead atoms. The number of carbonyl (C=O) groups is 1. The van der Waals surface area contributed by atoms with Crippen molar-refractivity contribution in [1.82, 2.24) is 10.6 Å². The molecule has 0 aliphatic heterocycles. The number of nitrogens with one attached hydrogen (secondary N) is 2. The third-order valence-corrected chi connectivity index (χ3v) is 2.72. The highest BCUT2D eigenvalue weighted by Gasteiger charge is 2.09. The number of hydrogen-bond donors (Lipinski definition) is 2. The van der Waals surface area contributed by atoms with Crippen molar-refractivity contribution >= 4 is 5.91 Å². The van der Waals surface area contributed by atoms with Crippen LogP contribution in [-0.2, 0) is 9.53 Å². The standard InChI is InChI=1S/C12H26N2O2/c1-9(2)12(15)14-8-6-7-13-10(3)11(4)16-5/h9-11,13H,6-8H2,1-5H3,(H,14,15). The molecule has 2 unspecified atom stereocenters. The van der Waals surface area contributed by atoms with Gasteiger partial charge in [-0.25, -0.2) is 0 Å². The number of rotatable bonds is 8. The molecule has 96 valence electrons. The van der Waals surface area contributed by atoms with Crippen molar-refractivity contribution in [3.8, 4) is 0 Å². The van der Waals surface area contributed by atoms with E-state index in [1.165, 1.54) is 0 Å². The second kappa shape index (κ2) is 8.53. The molecule has 0 rings (SSSR count). The van der Waals surface area contributed by atoms with Crippen molar-refractivity contribution in [3.63, 3.8) is 0 Å². The summed E-state index contributed by atoms with van der Waals surface area (Å²) in [5, 5.41) is 6.25. The predicted octanol–water partition coefficient (Wildman–Crippen LogP) is 1.16. The van der Waals surface area contributed by atoms with Crippen LogP contribution in [0.15, 0.2) is 0 Å². The minimum absolute atomic E-state index is 0.0698. The molecule has 0 radical (unpaired) electrons. The van der Waals surface area contributed by atoms with E-state index in [1.54, 1.807) is 7.11 Å². The van der Waals surface area contributed by atoms with Crippen LogP contribution in [-0.4, -0.2) is 38.3 Å². The van der Waals surface area contributed by atoms with Gasteiger partial charge in [-0.15, -0.1) is 0 Å². The Morgan fingerprint density at radius 3 is 2.31 bits per heavy atom. The minimum atomic E-state index is 0.0698. The first-order valence-corrected chi connectivity index (χ1v) is 6.03. The maximum absolute atomic E-state index is 11.2. The molecular formula is C12H26N2O2. The zero-order valence-electron chi connectivity index (χ0n) is 11.2. The van der Waals surface area contributed by atoms with Crippen LogP contribution >= 0.6 is 0 Å². The molecule has 0 spiro atoms. The van der Waals surface area contributed by atoms with E-state index in [-0.39, 0.29) is 17.9 Å². The summed E-state index contributed by atoms with van der Waals surface area (Å²) in [7, 11) is 1.71. The Morgan fingerprint density at radius 2 is 1.81 bits per heavy atom. The van der Waals surface area contributed by atoms with Gasteiger partial charge in [-0.05, 0) is 26.8 Å². The Balaban J connectivity index is 3.43. The van der Waals surface area contributed by atoms with E-state index in [0.29, 0.717) is 6.04 Å². The summed E-state index contributed by atoms with van der Waals surface area (Å²) in [4.78, 5) is 11.2. The van der Waals surface area contributed by atoms with E-state index in [0.717, 1.165) is 19.5 Å². The van der Waals surface area contributed by atoms with Gasteiger partial charge in [0, 0.05) is 25.6 Å². The second-order valence-electron chi connectivity index (χ2n) is 4.48. The molecule has 0 saturated carbocycles. The molecule has 0 aromatic heterocycles. The van der Waals surface area contributed by atoms with E-state index < -0.39 is 0 Å². The third-order valence-electron chi connectivity index (χ3n) is 2.72. The van der Waals surface area contributed by atoms with E-state index >= 15 is 0 Å². The van der Waals surface area contributed by atoms with Gasteiger partial charge in [0.05, 0.1) is 6.10 Å². The Labute approximate surface area is 99.1 Å². The maximum atomic E-state index is 11.2. The van der Waals surface area contributed by atoms with Crippen LogP contribution in [0.3, 0.4) is 0 Å². The Kier molecular flexibility index (Phi) is 8.21. The first kappa shape index (κ1) is 15.4. The van der Waals surface area contributed by atoms with Crippen molar-refractivity contribution in [1.29, 1.82) is 0 Å². The quantitative estimate of drug-likeness (QED) is 0.615. The van der Waals surface area contributed by atoms with Gasteiger partial charge in [0.1, 0.15) is 0 Å². The zero-order valence-corrected chi connectivity index (χ0v) is 11.2. The maximum Gasteiger partial charge on any atom is 0.222 e. The normalized spacial score (nSPS) is 14.9. The topological polar surface area (TPSA) is 50.4 Å². The lowest BCUT2D eigenvalue weighted by molar-refractivity contribution is -0.123. The van der Waals surface area contributed by atoms with Gasteiger partial charge in [-0.1, -0.05) is 13.8 Å². The molecule has 0 heterocycles. The molecule has 0 fully saturated rings. The van der Waals surface area contributed by atoms with Crippen molar-refractivity contribution in [2.24, 2.45) is 5.92 Å². The molecular weight excluding hydrogens is 204 g/mol. The fourth-order valence-electron chi connectivity index (χ4n) is 1.20. The van der Waals surface area contributed by atoms with Gasteiger partial charge in [-0.2, -0.15) is 0 Å². The van der Waals surface area contributed by atoms with Gasteiger partial charge in [-0.3, -0.25) is 4.79 Å². The second-order valence-corrected chi connectivity index (χ2v) is 4.48. The highest BCUT2D eigenvalue weighted by Crippen LogP contribution is 1.95. The zero-order chi connectivity index (χ0) is 12.6. The van der Waals surface area contributed by atoms with Crippen LogP contribution in [0.1, 0.15) is 34.1 Å². The lowest BCUT2D eigenvalue weighted by atomic mass is 10.2. The summed E-state index contributed by atoms with van der Waals surface area (Å²) in [6, 6.07) is 0.339. The SMILES string of the molecule is COC(C)C(C)NCCCNC(=O)C(C)C. The fourth-order valence-corrected chi connectivity index (χ4v) is 1.20. The number of hydrogen-bond acceptors (Lipinski definition) is 3. The van der Waals surface area contributed by atoms with E-state index in [2.05, 4.69) is 17.6 Å². The summed E-state index contributed by atoms with van der Waals surface area (Å²) in [6.45, 7) is 9.57. The smallest absolute Gasteiger partial charge is 0.222 e. The van der Waals surface area contributed by atoms with Crippen LogP contribution in [0.25, 0.3) is 0 Å². The van der Waals surface area contributed by atoms with Gasteiger partial charge in [0.2, 0.25) is 5.91 Å². The number of ether oxygens (including phenoxy) is 1. The van der Waals surface area contributed by atoms with E-state index in [1.807, 2.05) is 20.8 Å². The first-order chi connectivity index (χ1) is 7.49. The van der Waals surface area contributed by atoms with E-state index in [4.69, 9.17) is 4.74 Å². The van der Waals surface area contributed by atoms with Crippen LogP contribution in [0.5, 0.6) is 0 Å². The summed E-state index contributed by atoms with van der Waals surface area (Å²) >= 11 is 0. The van der Waals surface area contributed by atoms with E-state index in [9.17, 15) is 4.79 Å². The Hall–Kier alpha value is -0.610. The van der Waals surface area contributed by atoms with Gasteiger partial charge in [0.25, 0.3) is 0 Å². The third kappa shape index (κ3) is 6.80. The molecule has 1 amide bonds. The molecule has 2 N–H and O–H groups in total.